The highest BCUT2D eigenvalue weighted by Crippen LogP contribution is 2.30. The summed E-state index contributed by atoms with van der Waals surface area (Å²) in [7, 11) is -2.15. The normalized spacial score (nSPS) is 17.2. The van der Waals surface area contributed by atoms with Crippen molar-refractivity contribution in [3.8, 4) is 0 Å². The molecule has 2 unspecified atom stereocenters. The molecule has 12 heteroatoms. The number of methoxy groups -OCH3 is 1. The lowest BCUT2D eigenvalue weighted by atomic mass is 9.96. The van der Waals surface area contributed by atoms with E-state index in [0.29, 0.717) is 19.7 Å². The van der Waals surface area contributed by atoms with Crippen LogP contribution < -0.4 is 10.5 Å². The molecule has 3 aromatic rings. The summed E-state index contributed by atoms with van der Waals surface area (Å²) in [6.45, 7) is 2.56. The molecule has 2 heterocycles. The number of likely N-dealkylation sites (tertiary alicyclic amines) is 1. The fourth-order valence-corrected chi connectivity index (χ4v) is 6.28. The van der Waals surface area contributed by atoms with Crippen LogP contribution in [0.1, 0.15) is 37.4 Å². The van der Waals surface area contributed by atoms with E-state index in [4.69, 9.17) is 38.7 Å². The zero-order valence-electron chi connectivity index (χ0n) is 21.3. The van der Waals surface area contributed by atoms with E-state index < -0.39 is 16.1 Å². The molecule has 9 nitrogen and oxygen atoms in total. The lowest BCUT2D eigenvalue weighted by molar-refractivity contribution is -0.132. The summed E-state index contributed by atoms with van der Waals surface area (Å²) < 4.78 is 35.2. The number of benzene rings is 2. The SMILES string of the molecule is COCCCn1c(C2CCCN(C(=O)CC(N)CNS(=O)(=O)c3ccc(Cl)c(Cl)c3)C2)nc2ccccc21. The maximum Gasteiger partial charge on any atom is 0.240 e. The first-order chi connectivity index (χ1) is 18.2. The first kappa shape index (κ1) is 28.8. The number of para-hydroxylation sites is 2. The highest BCUT2D eigenvalue weighted by atomic mass is 35.5. The smallest absolute Gasteiger partial charge is 0.240 e. The Hall–Kier alpha value is -2.21. The Morgan fingerprint density at radius 2 is 2.03 bits per heavy atom. The zero-order chi connectivity index (χ0) is 27.3. The van der Waals surface area contributed by atoms with Gasteiger partial charge in [-0.2, -0.15) is 0 Å². The number of ether oxygens (including phenoxy) is 1. The molecule has 1 aromatic heterocycles. The van der Waals surface area contributed by atoms with Crippen molar-refractivity contribution in [3.63, 3.8) is 0 Å². The molecule has 4 rings (SSSR count). The largest absolute Gasteiger partial charge is 0.385 e. The number of hydrogen-bond acceptors (Lipinski definition) is 6. The van der Waals surface area contributed by atoms with Gasteiger partial charge in [-0.15, -0.1) is 0 Å². The van der Waals surface area contributed by atoms with Gasteiger partial charge in [-0.25, -0.2) is 18.1 Å². The molecule has 1 amide bonds. The van der Waals surface area contributed by atoms with Gasteiger partial charge < -0.3 is 19.9 Å². The molecular formula is C26H33Cl2N5O4S. The van der Waals surface area contributed by atoms with E-state index in [1.54, 1.807) is 7.11 Å². The van der Waals surface area contributed by atoms with E-state index in [9.17, 15) is 13.2 Å². The second-order valence-corrected chi connectivity index (χ2v) is 12.1. The first-order valence-corrected chi connectivity index (χ1v) is 14.9. The van der Waals surface area contributed by atoms with Gasteiger partial charge in [0.25, 0.3) is 0 Å². The third-order valence-electron chi connectivity index (χ3n) is 6.73. The fraction of sp³-hybridized carbons (Fsp3) is 0.462. The van der Waals surface area contributed by atoms with Crippen LogP contribution in [0.2, 0.25) is 10.0 Å². The van der Waals surface area contributed by atoms with Crippen LogP contribution in [-0.4, -0.2) is 68.2 Å². The van der Waals surface area contributed by atoms with Gasteiger partial charge in [0, 0.05) is 58.3 Å². The number of aryl methyl sites for hydroxylation is 1. The van der Waals surface area contributed by atoms with Crippen molar-refractivity contribution >= 4 is 50.2 Å². The van der Waals surface area contributed by atoms with Crippen molar-refractivity contribution in [1.29, 1.82) is 0 Å². The van der Waals surface area contributed by atoms with E-state index >= 15 is 0 Å². The van der Waals surface area contributed by atoms with Crippen LogP contribution in [0.15, 0.2) is 47.4 Å². The molecule has 1 aliphatic heterocycles. The summed E-state index contributed by atoms with van der Waals surface area (Å²) in [4.78, 5) is 19.9. The summed E-state index contributed by atoms with van der Waals surface area (Å²) >= 11 is 11.8. The quantitative estimate of drug-likeness (QED) is 0.332. The Balaban J connectivity index is 1.38. The summed E-state index contributed by atoms with van der Waals surface area (Å²) in [6.07, 6.45) is 2.69. The minimum atomic E-state index is -3.85. The van der Waals surface area contributed by atoms with E-state index in [2.05, 4.69) is 15.4 Å². The number of aromatic nitrogens is 2. The summed E-state index contributed by atoms with van der Waals surface area (Å²) in [6, 6.07) is 11.4. The molecule has 1 aliphatic rings. The van der Waals surface area contributed by atoms with Gasteiger partial charge in [0.15, 0.2) is 0 Å². The van der Waals surface area contributed by atoms with E-state index in [-0.39, 0.29) is 39.7 Å². The Labute approximate surface area is 233 Å². The monoisotopic (exact) mass is 581 g/mol. The van der Waals surface area contributed by atoms with Gasteiger partial charge in [0.1, 0.15) is 5.82 Å². The number of nitrogens with two attached hydrogens (primary N) is 1. The molecular weight excluding hydrogens is 549 g/mol. The van der Waals surface area contributed by atoms with Crippen molar-refractivity contribution in [2.45, 2.75) is 49.1 Å². The first-order valence-electron chi connectivity index (χ1n) is 12.6. The molecule has 2 atom stereocenters. The van der Waals surface area contributed by atoms with Gasteiger partial charge in [-0.1, -0.05) is 35.3 Å². The maximum atomic E-state index is 13.1. The standard InChI is InChI=1S/C26H33Cl2N5O4S/c1-37-13-5-12-33-24-8-3-2-7-23(24)31-26(33)18-6-4-11-32(17-18)25(34)14-19(29)16-30-38(35,36)20-9-10-21(27)22(28)15-20/h2-3,7-10,15,18-19,30H,4-6,11-14,16-17,29H2,1H3. The van der Waals surface area contributed by atoms with E-state index in [1.807, 2.05) is 23.1 Å². The minimum Gasteiger partial charge on any atom is -0.385 e. The second-order valence-electron chi connectivity index (χ2n) is 9.53. The number of fused-ring (bicyclic) bond motifs is 1. The third kappa shape index (κ3) is 6.86. The topological polar surface area (TPSA) is 120 Å². The number of hydrogen-bond donors (Lipinski definition) is 2. The second kappa shape index (κ2) is 12.8. The Morgan fingerprint density at radius 3 is 2.79 bits per heavy atom. The Bertz CT molecular complexity index is 1380. The summed E-state index contributed by atoms with van der Waals surface area (Å²) in [5.74, 6) is 0.989. The van der Waals surface area contributed by atoms with Gasteiger partial charge in [-0.05, 0) is 49.6 Å². The van der Waals surface area contributed by atoms with E-state index in [1.165, 1.54) is 18.2 Å². The number of amides is 1. The average Bonchev–Trinajstić information content (AvgIpc) is 3.28. The molecule has 206 valence electrons. The average molecular weight is 583 g/mol. The summed E-state index contributed by atoms with van der Waals surface area (Å²) in [5, 5.41) is 0.402. The number of imidazole rings is 1. The number of carbonyl (C=O) groups is 1. The van der Waals surface area contributed by atoms with Crippen molar-refractivity contribution in [3.05, 3.63) is 58.3 Å². The molecule has 1 saturated heterocycles. The number of halogens is 2. The number of piperidine rings is 1. The summed E-state index contributed by atoms with van der Waals surface area (Å²) in [5.41, 5.74) is 8.19. The molecule has 0 radical (unpaired) electrons. The van der Waals surface area contributed by atoms with Crippen LogP contribution in [0.4, 0.5) is 0 Å². The van der Waals surface area contributed by atoms with Gasteiger partial charge in [0.2, 0.25) is 15.9 Å². The van der Waals surface area contributed by atoms with Crippen LogP contribution >= 0.6 is 23.2 Å². The van der Waals surface area contributed by atoms with Crippen LogP contribution in [0, 0.1) is 0 Å². The van der Waals surface area contributed by atoms with Crippen molar-refractivity contribution in [2.24, 2.45) is 5.73 Å². The van der Waals surface area contributed by atoms with Crippen molar-refractivity contribution in [1.82, 2.24) is 19.2 Å². The Kier molecular flexibility index (Phi) is 9.67. The highest BCUT2D eigenvalue weighted by molar-refractivity contribution is 7.89. The predicted molar refractivity (Wildman–Crippen MR) is 149 cm³/mol. The van der Waals surface area contributed by atoms with Crippen LogP contribution in [-0.2, 0) is 26.1 Å². The van der Waals surface area contributed by atoms with Gasteiger partial charge >= 0.3 is 0 Å². The predicted octanol–water partition coefficient (Wildman–Crippen LogP) is 3.78. The molecule has 0 bridgehead atoms. The molecule has 3 N–H and O–H groups in total. The molecule has 0 spiro atoms. The lowest BCUT2D eigenvalue weighted by Gasteiger charge is -2.33. The highest BCUT2D eigenvalue weighted by Gasteiger charge is 2.29. The molecule has 2 aromatic carbocycles. The molecule has 0 saturated carbocycles. The lowest BCUT2D eigenvalue weighted by Crippen LogP contribution is -2.45. The number of nitrogens with one attached hydrogen (secondary N) is 1. The van der Waals surface area contributed by atoms with Crippen molar-refractivity contribution < 1.29 is 17.9 Å². The molecule has 1 fully saturated rings. The number of carbonyl (C=O) groups excluding carboxylic acids is 1. The van der Waals surface area contributed by atoms with Gasteiger partial charge in [-0.3, -0.25) is 4.79 Å². The number of nitrogens with zero attached hydrogens (tertiary/aromatic N) is 3. The van der Waals surface area contributed by atoms with Crippen LogP contribution in [0.25, 0.3) is 11.0 Å². The van der Waals surface area contributed by atoms with Crippen LogP contribution in [0.5, 0.6) is 0 Å². The zero-order valence-corrected chi connectivity index (χ0v) is 23.6. The van der Waals surface area contributed by atoms with Crippen molar-refractivity contribution in [2.75, 3.05) is 33.4 Å². The third-order valence-corrected chi connectivity index (χ3v) is 8.89. The van der Waals surface area contributed by atoms with Crippen LogP contribution in [0.3, 0.4) is 0 Å². The van der Waals surface area contributed by atoms with E-state index in [0.717, 1.165) is 42.7 Å². The molecule has 38 heavy (non-hydrogen) atoms. The van der Waals surface area contributed by atoms with Gasteiger partial charge in [0.05, 0.1) is 26.0 Å². The number of sulfonamides is 1. The minimum absolute atomic E-state index is 0.0160. The number of rotatable bonds is 11. The molecule has 0 aliphatic carbocycles. The fourth-order valence-electron chi connectivity index (χ4n) is 4.79. The maximum absolute atomic E-state index is 13.1. The Morgan fingerprint density at radius 1 is 1.24 bits per heavy atom.